The van der Waals surface area contributed by atoms with Crippen molar-refractivity contribution in [1.82, 2.24) is 0 Å². The van der Waals surface area contributed by atoms with E-state index >= 15 is 0 Å². The van der Waals surface area contributed by atoms with Crippen LogP contribution in [0.4, 0.5) is 13.2 Å². The summed E-state index contributed by atoms with van der Waals surface area (Å²) in [6.45, 7) is 0. The molecular weight excluding hydrogens is 228 g/mol. The molecule has 0 atom stereocenters. The summed E-state index contributed by atoms with van der Waals surface area (Å²) in [5.41, 5.74) is -0.125. The van der Waals surface area contributed by atoms with Crippen LogP contribution < -0.4 is 14.9 Å². The van der Waals surface area contributed by atoms with Crippen LogP contribution in [0.3, 0.4) is 0 Å². The fourth-order valence-electron chi connectivity index (χ4n) is 1.06. The fourth-order valence-corrected chi connectivity index (χ4v) is 1.06. The lowest BCUT2D eigenvalue weighted by molar-refractivity contribution is -0.275. The minimum absolute atomic E-state index is 0.125. The summed E-state index contributed by atoms with van der Waals surface area (Å²) in [5, 5.41) is 17.6. The van der Waals surface area contributed by atoms with E-state index in [1.807, 2.05) is 0 Å². The van der Waals surface area contributed by atoms with E-state index in [0.29, 0.717) is 0 Å². The van der Waals surface area contributed by atoms with Gasteiger partial charge < -0.3 is 19.5 Å². The Kier molecular flexibility index (Phi) is 3.66. The van der Waals surface area contributed by atoms with Gasteiger partial charge in [-0.3, -0.25) is 0 Å². The van der Waals surface area contributed by atoms with Gasteiger partial charge in [0.25, 0.3) is 0 Å². The first-order valence-electron chi connectivity index (χ1n) is 4.13. The van der Waals surface area contributed by atoms with Crippen LogP contribution in [0.5, 0.6) is 11.5 Å². The zero-order valence-electron chi connectivity index (χ0n) is 8.15. The highest BCUT2D eigenvalue weighted by Gasteiger charge is 2.33. The van der Waals surface area contributed by atoms with Crippen molar-refractivity contribution >= 4 is 12.6 Å². The summed E-state index contributed by atoms with van der Waals surface area (Å²) in [5.74, 6) is -0.776. The van der Waals surface area contributed by atoms with Gasteiger partial charge in [-0.2, -0.15) is 0 Å². The Morgan fingerprint density at radius 1 is 1.19 bits per heavy atom. The quantitative estimate of drug-likeness (QED) is 0.739. The third kappa shape index (κ3) is 3.32. The van der Waals surface area contributed by atoms with Crippen molar-refractivity contribution in [2.75, 3.05) is 7.11 Å². The van der Waals surface area contributed by atoms with Gasteiger partial charge in [-0.25, -0.2) is 0 Å². The molecule has 1 aromatic carbocycles. The normalized spacial score (nSPS) is 11.1. The second-order valence-corrected chi connectivity index (χ2v) is 2.83. The molecule has 0 saturated carbocycles. The van der Waals surface area contributed by atoms with Gasteiger partial charge in [-0.15, -0.1) is 13.2 Å². The molecule has 1 rings (SSSR count). The third-order valence-electron chi connectivity index (χ3n) is 1.71. The summed E-state index contributed by atoms with van der Waals surface area (Å²) in [6.07, 6.45) is -4.87. The van der Waals surface area contributed by atoms with E-state index in [1.54, 1.807) is 0 Å². The summed E-state index contributed by atoms with van der Waals surface area (Å²) in [4.78, 5) is 0. The van der Waals surface area contributed by atoms with Crippen LogP contribution in [0.15, 0.2) is 18.2 Å². The van der Waals surface area contributed by atoms with Crippen molar-refractivity contribution in [2.24, 2.45) is 0 Å². The van der Waals surface area contributed by atoms with Crippen molar-refractivity contribution < 1.29 is 32.7 Å². The average Bonchev–Trinajstić information content (AvgIpc) is 2.15. The number of hydrogen-bond donors (Lipinski definition) is 2. The molecule has 0 aliphatic rings. The van der Waals surface area contributed by atoms with Crippen LogP contribution >= 0.6 is 0 Å². The number of hydrogen-bond acceptors (Lipinski definition) is 4. The van der Waals surface area contributed by atoms with Crippen molar-refractivity contribution in [1.29, 1.82) is 0 Å². The molecule has 1 aromatic rings. The van der Waals surface area contributed by atoms with Crippen LogP contribution in [-0.4, -0.2) is 30.6 Å². The minimum atomic E-state index is -4.87. The molecule has 0 saturated heterocycles. The lowest BCUT2D eigenvalue weighted by Gasteiger charge is -2.13. The maximum Gasteiger partial charge on any atom is 0.573 e. The Morgan fingerprint density at radius 2 is 1.81 bits per heavy atom. The molecule has 4 nitrogen and oxygen atoms in total. The largest absolute Gasteiger partial charge is 0.573 e. The third-order valence-corrected chi connectivity index (χ3v) is 1.71. The average molecular weight is 236 g/mol. The molecule has 0 bridgehead atoms. The van der Waals surface area contributed by atoms with Crippen LogP contribution in [0.25, 0.3) is 0 Å². The molecule has 0 spiro atoms. The summed E-state index contributed by atoms with van der Waals surface area (Å²) >= 11 is 0. The van der Waals surface area contributed by atoms with Gasteiger partial charge in [0, 0.05) is 0 Å². The minimum Gasteiger partial charge on any atom is -0.493 e. The molecule has 0 aromatic heterocycles. The van der Waals surface area contributed by atoms with Crippen LogP contribution in [0.1, 0.15) is 0 Å². The van der Waals surface area contributed by atoms with Gasteiger partial charge in [0.2, 0.25) is 0 Å². The topological polar surface area (TPSA) is 58.9 Å². The van der Waals surface area contributed by atoms with Crippen LogP contribution in [0.2, 0.25) is 0 Å². The predicted octanol–water partition coefficient (Wildman–Crippen LogP) is 0.274. The second kappa shape index (κ2) is 4.62. The number of methoxy groups -OCH3 is 1. The van der Waals surface area contributed by atoms with Gasteiger partial charge >= 0.3 is 13.5 Å². The SMILES string of the molecule is COc1ccc(B(O)O)cc1OC(F)(F)F. The first-order chi connectivity index (χ1) is 7.33. The lowest BCUT2D eigenvalue weighted by Crippen LogP contribution is -2.30. The number of rotatable bonds is 3. The molecule has 0 aliphatic heterocycles. The molecule has 0 amide bonds. The molecular formula is C8H8BF3O4. The molecule has 88 valence electrons. The predicted molar refractivity (Wildman–Crippen MR) is 49.5 cm³/mol. The Bertz CT molecular complexity index is 367. The van der Waals surface area contributed by atoms with E-state index in [9.17, 15) is 13.2 Å². The highest BCUT2D eigenvalue weighted by Crippen LogP contribution is 2.30. The molecule has 16 heavy (non-hydrogen) atoms. The van der Waals surface area contributed by atoms with Crippen molar-refractivity contribution in [3.63, 3.8) is 0 Å². The van der Waals surface area contributed by atoms with Gasteiger partial charge in [0.1, 0.15) is 0 Å². The Balaban J connectivity index is 3.07. The van der Waals surface area contributed by atoms with E-state index in [-0.39, 0.29) is 11.2 Å². The summed E-state index contributed by atoms with van der Waals surface area (Å²) < 4.78 is 44.3. The van der Waals surface area contributed by atoms with Gasteiger partial charge in [-0.05, 0) is 17.6 Å². The van der Waals surface area contributed by atoms with E-state index in [0.717, 1.165) is 12.1 Å². The number of alkyl halides is 3. The number of halogens is 3. The van der Waals surface area contributed by atoms with E-state index < -0.39 is 19.2 Å². The molecule has 0 heterocycles. The number of ether oxygens (including phenoxy) is 2. The molecule has 0 aliphatic carbocycles. The smallest absolute Gasteiger partial charge is 0.493 e. The fraction of sp³-hybridized carbons (Fsp3) is 0.250. The van der Waals surface area contributed by atoms with Crippen molar-refractivity contribution in [3.05, 3.63) is 18.2 Å². The maximum atomic E-state index is 12.0. The standard InChI is InChI=1S/C8H8BF3O4/c1-15-6-3-2-5(9(13)14)4-7(6)16-8(10,11)12/h2-4,13-14H,1H3. The van der Waals surface area contributed by atoms with E-state index in [2.05, 4.69) is 9.47 Å². The monoisotopic (exact) mass is 236 g/mol. The summed E-state index contributed by atoms with van der Waals surface area (Å²) in [6, 6.07) is 3.21. The van der Waals surface area contributed by atoms with Crippen LogP contribution in [-0.2, 0) is 0 Å². The first-order valence-corrected chi connectivity index (χ1v) is 4.13. The highest BCUT2D eigenvalue weighted by molar-refractivity contribution is 6.58. The van der Waals surface area contributed by atoms with Gasteiger partial charge in [0.05, 0.1) is 7.11 Å². The molecule has 0 radical (unpaired) electrons. The van der Waals surface area contributed by atoms with Crippen molar-refractivity contribution in [3.8, 4) is 11.5 Å². The molecule has 0 unspecified atom stereocenters. The maximum absolute atomic E-state index is 12.0. The van der Waals surface area contributed by atoms with Crippen LogP contribution in [0, 0.1) is 0 Å². The second-order valence-electron chi connectivity index (χ2n) is 2.83. The zero-order chi connectivity index (χ0) is 12.3. The van der Waals surface area contributed by atoms with Crippen molar-refractivity contribution in [2.45, 2.75) is 6.36 Å². The Labute approximate surface area is 89.4 Å². The molecule has 8 heteroatoms. The van der Waals surface area contributed by atoms with Gasteiger partial charge in [0.15, 0.2) is 11.5 Å². The van der Waals surface area contributed by atoms with E-state index in [4.69, 9.17) is 10.0 Å². The lowest BCUT2D eigenvalue weighted by atomic mass is 9.80. The number of benzene rings is 1. The highest BCUT2D eigenvalue weighted by atomic mass is 19.4. The molecule has 0 fully saturated rings. The summed E-state index contributed by atoms with van der Waals surface area (Å²) in [7, 11) is -0.699. The first kappa shape index (κ1) is 12.7. The Morgan fingerprint density at radius 3 is 2.25 bits per heavy atom. The van der Waals surface area contributed by atoms with Gasteiger partial charge in [-0.1, -0.05) is 6.07 Å². The molecule has 2 N–H and O–H groups in total. The zero-order valence-corrected chi connectivity index (χ0v) is 8.15. The Hall–Kier alpha value is -1.41. The van der Waals surface area contributed by atoms with E-state index in [1.165, 1.54) is 13.2 Å².